The molecule has 1 aromatic heterocycles. The maximum absolute atomic E-state index is 11.9. The minimum absolute atomic E-state index is 0.354. The van der Waals surface area contributed by atoms with E-state index in [0.717, 1.165) is 48.1 Å². The van der Waals surface area contributed by atoms with Crippen LogP contribution in [0.4, 0.5) is 5.69 Å². The van der Waals surface area contributed by atoms with Crippen LogP contribution >= 0.6 is 34.8 Å². The van der Waals surface area contributed by atoms with Crippen molar-refractivity contribution >= 4 is 46.4 Å². The highest BCUT2D eigenvalue weighted by molar-refractivity contribution is 6.76. The van der Waals surface area contributed by atoms with Gasteiger partial charge < -0.3 is 10.5 Å². The Morgan fingerprint density at radius 3 is 2.63 bits per heavy atom. The van der Waals surface area contributed by atoms with E-state index in [1.807, 2.05) is 0 Å². The first-order valence-corrected chi connectivity index (χ1v) is 7.14. The fraction of sp³-hybridized carbons (Fsp3) is 0.500. The van der Waals surface area contributed by atoms with Crippen LogP contribution in [0.25, 0.3) is 0 Å². The van der Waals surface area contributed by atoms with E-state index in [2.05, 4.69) is 5.32 Å². The van der Waals surface area contributed by atoms with Crippen molar-refractivity contribution in [3.05, 3.63) is 28.7 Å². The zero-order valence-electron chi connectivity index (χ0n) is 10.1. The number of nitrogens with zero attached hydrogens (tertiary/aromatic N) is 1. The second-order valence-electron chi connectivity index (χ2n) is 4.54. The Morgan fingerprint density at radius 1 is 1.26 bits per heavy atom. The van der Waals surface area contributed by atoms with Crippen LogP contribution in [0.3, 0.4) is 0 Å². The van der Waals surface area contributed by atoms with Crippen LogP contribution in [0, 0.1) is 5.21 Å². The number of fused-ring (bicyclic) bond motifs is 1. The molecule has 0 bridgehead atoms. The summed E-state index contributed by atoms with van der Waals surface area (Å²) in [6.45, 7) is 0. The molecule has 0 radical (unpaired) electrons. The van der Waals surface area contributed by atoms with Gasteiger partial charge >= 0.3 is 0 Å². The van der Waals surface area contributed by atoms with Crippen molar-refractivity contribution in [1.29, 1.82) is 0 Å². The van der Waals surface area contributed by atoms with E-state index in [0.29, 0.717) is 5.69 Å². The highest BCUT2D eigenvalue weighted by Gasteiger charge is 2.31. The number of amides is 1. The monoisotopic (exact) mass is 322 g/mol. The van der Waals surface area contributed by atoms with Crippen molar-refractivity contribution in [3.8, 4) is 0 Å². The summed E-state index contributed by atoms with van der Waals surface area (Å²) in [7, 11) is 0. The second-order valence-corrected chi connectivity index (χ2v) is 6.82. The lowest BCUT2D eigenvalue weighted by atomic mass is 10.1. The molecule has 0 atom stereocenters. The van der Waals surface area contributed by atoms with E-state index in [1.165, 1.54) is 6.20 Å². The number of carbonyl (C=O) groups excluding carboxylic acids is 1. The van der Waals surface area contributed by atoms with Gasteiger partial charge in [0.15, 0.2) is 5.69 Å². The van der Waals surface area contributed by atoms with E-state index in [1.54, 1.807) is 6.07 Å². The third-order valence-corrected chi connectivity index (χ3v) is 3.61. The number of halogens is 3. The smallest absolute Gasteiger partial charge is 0.276 e. The van der Waals surface area contributed by atoms with Gasteiger partial charge in [-0.3, -0.25) is 4.79 Å². The second kappa shape index (κ2) is 5.73. The fourth-order valence-electron chi connectivity index (χ4n) is 2.20. The number of rotatable bonds is 1. The van der Waals surface area contributed by atoms with Crippen molar-refractivity contribution in [3.63, 3.8) is 0 Å². The highest BCUT2D eigenvalue weighted by atomic mass is 35.6. The van der Waals surface area contributed by atoms with E-state index in [4.69, 9.17) is 34.8 Å². The Labute approximate surface area is 126 Å². The SMILES string of the molecule is O=C(Nc1cc2c([n+]([O-])c1)CCCCC2)C(Cl)(Cl)Cl. The fourth-order valence-corrected chi connectivity index (χ4v) is 2.34. The van der Waals surface area contributed by atoms with Gasteiger partial charge in [0, 0.05) is 12.0 Å². The van der Waals surface area contributed by atoms with Gasteiger partial charge in [0.05, 0.1) is 0 Å². The molecule has 1 aromatic rings. The van der Waals surface area contributed by atoms with Crippen LogP contribution in [0.15, 0.2) is 12.3 Å². The summed E-state index contributed by atoms with van der Waals surface area (Å²) in [5.74, 6) is -0.772. The van der Waals surface area contributed by atoms with Crippen LogP contribution in [-0.2, 0) is 17.6 Å². The molecule has 0 aromatic carbocycles. The summed E-state index contributed by atoms with van der Waals surface area (Å²) in [4.78, 5) is 11.6. The number of hydrogen-bond donors (Lipinski definition) is 1. The molecule has 2 rings (SSSR count). The van der Waals surface area contributed by atoms with Crippen LogP contribution in [0.1, 0.15) is 30.5 Å². The Hall–Kier alpha value is -0.710. The lowest BCUT2D eigenvalue weighted by Crippen LogP contribution is -2.35. The molecule has 0 aliphatic heterocycles. The number of carbonyl (C=O) groups is 1. The van der Waals surface area contributed by atoms with Crippen molar-refractivity contribution in [2.75, 3.05) is 5.32 Å². The summed E-state index contributed by atoms with van der Waals surface area (Å²) in [6.07, 6.45) is 6.04. The van der Waals surface area contributed by atoms with Crippen molar-refractivity contribution < 1.29 is 9.52 Å². The number of aryl methyl sites for hydroxylation is 1. The predicted molar refractivity (Wildman–Crippen MR) is 75.6 cm³/mol. The van der Waals surface area contributed by atoms with Gasteiger partial charge in [-0.25, -0.2) is 0 Å². The molecule has 0 unspecified atom stereocenters. The Morgan fingerprint density at radius 2 is 1.95 bits per heavy atom. The molecule has 1 amide bonds. The van der Waals surface area contributed by atoms with Crippen LogP contribution in [-0.4, -0.2) is 9.70 Å². The average molecular weight is 324 g/mol. The number of aromatic nitrogens is 1. The summed E-state index contributed by atoms with van der Waals surface area (Å²) in [6, 6.07) is 1.78. The van der Waals surface area contributed by atoms with Crippen molar-refractivity contribution in [2.24, 2.45) is 0 Å². The minimum atomic E-state index is -2.04. The molecule has 7 heteroatoms. The highest BCUT2D eigenvalue weighted by Crippen LogP contribution is 2.28. The molecule has 0 fully saturated rings. The maximum atomic E-state index is 11.9. The van der Waals surface area contributed by atoms with Gasteiger partial charge in [-0.2, -0.15) is 4.73 Å². The lowest BCUT2D eigenvalue weighted by Gasteiger charge is -2.13. The molecule has 1 N–H and O–H groups in total. The zero-order valence-corrected chi connectivity index (χ0v) is 12.4. The number of nitrogens with one attached hydrogen (secondary N) is 1. The molecule has 104 valence electrons. The van der Waals surface area contributed by atoms with Gasteiger partial charge in [-0.15, -0.1) is 0 Å². The molecule has 1 aliphatic rings. The lowest BCUT2D eigenvalue weighted by molar-refractivity contribution is -0.613. The summed E-state index contributed by atoms with van der Waals surface area (Å²) in [5.41, 5.74) is 2.07. The van der Waals surface area contributed by atoms with Crippen molar-refractivity contribution in [2.45, 2.75) is 35.9 Å². The van der Waals surface area contributed by atoms with Crippen LogP contribution in [0.2, 0.25) is 0 Å². The summed E-state index contributed by atoms with van der Waals surface area (Å²) < 4.78 is -1.24. The summed E-state index contributed by atoms with van der Waals surface area (Å²) >= 11 is 16.4. The van der Waals surface area contributed by atoms with Gasteiger partial charge in [0.2, 0.25) is 6.20 Å². The van der Waals surface area contributed by atoms with E-state index < -0.39 is 9.70 Å². The molecule has 1 heterocycles. The first-order chi connectivity index (χ1) is 8.88. The van der Waals surface area contributed by atoms with E-state index >= 15 is 0 Å². The Balaban J connectivity index is 2.26. The van der Waals surface area contributed by atoms with Gasteiger partial charge in [-0.05, 0) is 25.3 Å². The predicted octanol–water partition coefficient (Wildman–Crippen LogP) is 2.90. The first-order valence-electron chi connectivity index (χ1n) is 6.01. The number of anilines is 1. The standard InChI is InChI=1S/C12H13Cl3N2O2/c13-12(14,15)11(18)16-9-6-8-4-2-1-3-5-10(8)17(19)7-9/h6-7H,1-5H2,(H,16,18). The third-order valence-electron chi connectivity index (χ3n) is 3.10. The molecule has 1 aliphatic carbocycles. The molecule has 4 nitrogen and oxygen atoms in total. The van der Waals surface area contributed by atoms with E-state index in [-0.39, 0.29) is 0 Å². The molecular formula is C12H13Cl3N2O2. The largest absolute Gasteiger partial charge is 0.618 e. The number of hydrogen-bond acceptors (Lipinski definition) is 2. The maximum Gasteiger partial charge on any atom is 0.276 e. The topological polar surface area (TPSA) is 56.0 Å². The molecule has 19 heavy (non-hydrogen) atoms. The van der Waals surface area contributed by atoms with Gasteiger partial charge in [0.1, 0.15) is 5.69 Å². The summed E-state index contributed by atoms with van der Waals surface area (Å²) in [5, 5.41) is 14.4. The number of alkyl halides is 3. The van der Waals surface area contributed by atoms with Crippen molar-refractivity contribution in [1.82, 2.24) is 0 Å². The molecule has 0 saturated heterocycles. The van der Waals surface area contributed by atoms with E-state index in [9.17, 15) is 10.0 Å². The normalized spacial score (nSPS) is 15.5. The zero-order chi connectivity index (χ0) is 14.0. The van der Waals surface area contributed by atoms with Gasteiger partial charge in [-0.1, -0.05) is 41.2 Å². The minimum Gasteiger partial charge on any atom is -0.618 e. The molecule has 0 saturated carbocycles. The van der Waals surface area contributed by atoms with Gasteiger partial charge in [0.25, 0.3) is 9.70 Å². The first kappa shape index (κ1) is 14.7. The number of pyridine rings is 1. The molecule has 0 spiro atoms. The van der Waals surface area contributed by atoms with Crippen LogP contribution in [0.5, 0.6) is 0 Å². The quantitative estimate of drug-likeness (QED) is 0.374. The third kappa shape index (κ3) is 3.65. The Bertz CT molecular complexity index is 500. The average Bonchev–Trinajstić information content (AvgIpc) is 2.53. The van der Waals surface area contributed by atoms with Crippen LogP contribution < -0.4 is 10.0 Å². The Kier molecular flexibility index (Phi) is 4.43. The molecular weight excluding hydrogens is 311 g/mol.